The van der Waals surface area contributed by atoms with Crippen molar-refractivity contribution >= 4 is 31.1 Å². The average molecular weight is 263 g/mol. The number of hydrogen-bond donors (Lipinski definition) is 0. The summed E-state index contributed by atoms with van der Waals surface area (Å²) in [6.07, 6.45) is 2.61. The molecule has 1 aliphatic rings. The fourth-order valence-electron chi connectivity index (χ4n) is 1.10. The topological polar surface area (TPSA) is 18.5 Å². The van der Waals surface area contributed by atoms with Gasteiger partial charge in [0.15, 0.2) is 0 Å². The first kappa shape index (κ1) is 14.2. The third-order valence-electron chi connectivity index (χ3n) is 1.97. The van der Waals surface area contributed by atoms with Crippen molar-refractivity contribution in [2.24, 2.45) is 0 Å². The van der Waals surface area contributed by atoms with Crippen LogP contribution in [0.1, 0.15) is 26.7 Å². The Morgan fingerprint density at radius 2 is 1.85 bits per heavy atom. The highest BCUT2D eigenvalue weighted by molar-refractivity contribution is 9.23. The van der Waals surface area contributed by atoms with Crippen LogP contribution in [0.15, 0.2) is 0 Å². The third kappa shape index (κ3) is 9.47. The van der Waals surface area contributed by atoms with Gasteiger partial charge in [0.25, 0.3) is 0 Å². The molecule has 13 heavy (non-hydrogen) atoms. The van der Waals surface area contributed by atoms with Gasteiger partial charge in [-0.15, -0.1) is 4.05 Å². The fourth-order valence-corrected chi connectivity index (χ4v) is 3.69. The summed E-state index contributed by atoms with van der Waals surface area (Å²) in [5, 5.41) is 0. The van der Waals surface area contributed by atoms with Gasteiger partial charge in [-0.1, -0.05) is 0 Å². The lowest BCUT2D eigenvalue weighted by molar-refractivity contribution is 0.0972. The maximum Gasteiger partial charge on any atom is 0.472 e. The van der Waals surface area contributed by atoms with Gasteiger partial charge in [0, 0.05) is 26.4 Å². The summed E-state index contributed by atoms with van der Waals surface area (Å²) in [4.78, 5) is 0. The van der Waals surface area contributed by atoms with Crippen molar-refractivity contribution in [2.45, 2.75) is 30.7 Å². The molecule has 0 atom stereocenters. The van der Waals surface area contributed by atoms with Crippen molar-refractivity contribution in [3.8, 4) is 0 Å². The second-order valence-electron chi connectivity index (χ2n) is 2.99. The van der Waals surface area contributed by atoms with Crippen LogP contribution in [0, 0.1) is 0 Å². The Balaban J connectivity index is 0.000000252. The largest absolute Gasteiger partial charge is 0.472 e. The van der Waals surface area contributed by atoms with Crippen molar-refractivity contribution in [3.63, 3.8) is 0 Å². The Hall–Kier alpha value is 1.17. The molecule has 0 bridgehead atoms. The van der Waals surface area contributed by atoms with Crippen LogP contribution < -0.4 is 0 Å². The van der Waals surface area contributed by atoms with E-state index in [-0.39, 0.29) is 18.2 Å². The standard InChI is InChI=1S/C5H9O.C4H10O.BrH.Mg/c1-2-4-6-5-3-1;1-3-5-4-2;;/h1H,2-5H2;3-4H2,1-2H3;1H;/q;;;+1/p-1. The Bertz CT molecular complexity index is 95.6. The normalized spacial score (nSPS) is 17.2. The van der Waals surface area contributed by atoms with E-state index in [2.05, 4.69) is 12.9 Å². The molecule has 2 nitrogen and oxygen atoms in total. The van der Waals surface area contributed by atoms with Gasteiger partial charge in [0.1, 0.15) is 0 Å². The van der Waals surface area contributed by atoms with Crippen molar-refractivity contribution < 1.29 is 9.47 Å². The number of ether oxygens (including phenoxy) is 2. The van der Waals surface area contributed by atoms with Crippen LogP contribution in [0.2, 0.25) is 4.05 Å². The summed E-state index contributed by atoms with van der Waals surface area (Å²) in [6.45, 7) is 7.67. The zero-order chi connectivity index (χ0) is 9.94. The molecule has 76 valence electrons. The summed E-state index contributed by atoms with van der Waals surface area (Å²) >= 11 is 3.69. The molecular weight excluding hydrogens is 244 g/mol. The van der Waals surface area contributed by atoms with Crippen LogP contribution in [0.5, 0.6) is 0 Å². The van der Waals surface area contributed by atoms with Crippen LogP contribution >= 0.6 is 12.9 Å². The highest BCUT2D eigenvalue weighted by atomic mass is 79.9. The van der Waals surface area contributed by atoms with E-state index in [1.807, 2.05) is 13.8 Å². The van der Waals surface area contributed by atoms with Crippen molar-refractivity contribution in [1.29, 1.82) is 0 Å². The zero-order valence-electron chi connectivity index (χ0n) is 8.72. The first-order chi connectivity index (χ1) is 6.35. The molecule has 0 aromatic carbocycles. The lowest BCUT2D eigenvalue weighted by Crippen LogP contribution is -2.13. The maximum atomic E-state index is 5.20. The molecule has 0 spiro atoms. The molecule has 1 aliphatic heterocycles. The van der Waals surface area contributed by atoms with Gasteiger partial charge < -0.3 is 22.4 Å². The van der Waals surface area contributed by atoms with E-state index in [4.69, 9.17) is 9.47 Å². The zero-order valence-corrected chi connectivity index (χ0v) is 11.7. The summed E-state index contributed by atoms with van der Waals surface area (Å²) in [7, 11) is 0. The van der Waals surface area contributed by atoms with E-state index >= 15 is 0 Å². The average Bonchev–Trinajstić information content (AvgIpc) is 2.21. The molecule has 1 rings (SSSR count). The summed E-state index contributed by atoms with van der Waals surface area (Å²) < 4.78 is 11.1. The molecular formula is C9H19BrMgO2. The minimum absolute atomic E-state index is 0.101. The van der Waals surface area contributed by atoms with E-state index < -0.39 is 0 Å². The molecule has 0 aliphatic carbocycles. The molecule has 0 aromatic heterocycles. The Morgan fingerprint density at radius 3 is 2.08 bits per heavy atom. The van der Waals surface area contributed by atoms with Crippen LogP contribution in [-0.4, -0.2) is 44.6 Å². The molecule has 0 saturated carbocycles. The van der Waals surface area contributed by atoms with Gasteiger partial charge in [0.05, 0.1) is 0 Å². The third-order valence-corrected chi connectivity index (χ3v) is 5.97. The van der Waals surface area contributed by atoms with E-state index in [0.717, 1.165) is 30.5 Å². The predicted molar refractivity (Wildman–Crippen MR) is 60.7 cm³/mol. The lowest BCUT2D eigenvalue weighted by atomic mass is 10.2. The monoisotopic (exact) mass is 262 g/mol. The Kier molecular flexibility index (Phi) is 12.3. The summed E-state index contributed by atoms with van der Waals surface area (Å²) in [5.74, 6) is 0. The Morgan fingerprint density at radius 1 is 1.31 bits per heavy atom. The lowest BCUT2D eigenvalue weighted by Gasteiger charge is -2.19. The fraction of sp³-hybridized carbons (Fsp3) is 1.00. The van der Waals surface area contributed by atoms with Crippen LogP contribution in [-0.2, 0) is 9.47 Å². The second-order valence-corrected chi connectivity index (χ2v) is 6.40. The summed E-state index contributed by atoms with van der Waals surface area (Å²) in [5.41, 5.74) is 0. The van der Waals surface area contributed by atoms with Gasteiger partial charge in [-0.2, -0.15) is 0 Å². The number of hydrogen-bond acceptors (Lipinski definition) is 2. The second kappa shape index (κ2) is 11.2. The molecule has 1 fully saturated rings. The molecule has 0 radical (unpaired) electrons. The smallest absolute Gasteiger partial charge is 0.382 e. The van der Waals surface area contributed by atoms with Gasteiger partial charge in [-0.3, -0.25) is 0 Å². The van der Waals surface area contributed by atoms with Crippen LogP contribution in [0.4, 0.5) is 0 Å². The predicted octanol–water partition coefficient (Wildman–Crippen LogP) is 2.64. The first-order valence-electron chi connectivity index (χ1n) is 5.06. The van der Waals surface area contributed by atoms with E-state index in [0.29, 0.717) is 0 Å². The Labute approximate surface area is 97.3 Å². The minimum Gasteiger partial charge on any atom is -0.382 e. The van der Waals surface area contributed by atoms with Crippen molar-refractivity contribution in [3.05, 3.63) is 0 Å². The molecule has 4 heteroatoms. The van der Waals surface area contributed by atoms with Crippen molar-refractivity contribution in [1.82, 2.24) is 0 Å². The molecule has 0 aromatic rings. The van der Waals surface area contributed by atoms with E-state index in [1.54, 1.807) is 0 Å². The number of halogens is 1. The SMILES string of the molecule is CCOCC.[Br][Mg][CH]1CCOCC1. The highest BCUT2D eigenvalue weighted by Gasteiger charge is 2.13. The quantitative estimate of drug-likeness (QED) is 0.729. The molecule has 1 saturated heterocycles. The molecule has 0 amide bonds. The first-order valence-corrected chi connectivity index (χ1v) is 9.78. The maximum absolute atomic E-state index is 5.20. The highest BCUT2D eigenvalue weighted by Crippen LogP contribution is 2.20. The van der Waals surface area contributed by atoms with Gasteiger partial charge in [-0.25, -0.2) is 0 Å². The van der Waals surface area contributed by atoms with Crippen LogP contribution in [0.25, 0.3) is 0 Å². The molecule has 0 unspecified atom stereocenters. The van der Waals surface area contributed by atoms with Crippen LogP contribution in [0.3, 0.4) is 0 Å². The van der Waals surface area contributed by atoms with Gasteiger partial charge >= 0.3 is 18.2 Å². The minimum atomic E-state index is 0.101. The van der Waals surface area contributed by atoms with Crippen molar-refractivity contribution in [2.75, 3.05) is 26.4 Å². The van der Waals surface area contributed by atoms with Gasteiger partial charge in [-0.05, 0) is 26.7 Å². The molecule has 1 heterocycles. The summed E-state index contributed by atoms with van der Waals surface area (Å²) in [6, 6.07) is 0. The van der Waals surface area contributed by atoms with E-state index in [1.165, 1.54) is 12.8 Å². The molecule has 0 N–H and O–H groups in total. The number of rotatable bonds is 3. The van der Waals surface area contributed by atoms with Gasteiger partial charge in [0.2, 0.25) is 0 Å². The van der Waals surface area contributed by atoms with E-state index in [9.17, 15) is 0 Å².